The maximum absolute atomic E-state index is 5.99. The average molecular weight is 321 g/mol. The summed E-state index contributed by atoms with van der Waals surface area (Å²) in [5.41, 5.74) is 11.3. The molecule has 3 N–H and O–H groups in total. The van der Waals surface area contributed by atoms with Crippen molar-refractivity contribution in [3.8, 4) is 0 Å². The smallest absolute Gasteiger partial charge is 0.0444 e. The number of nitrogens with two attached hydrogens (primary N) is 1. The Morgan fingerprint density at radius 1 is 0.958 bits per heavy atom. The molecule has 0 radical (unpaired) electrons. The Bertz CT molecular complexity index is 672. The predicted octanol–water partition coefficient (Wildman–Crippen LogP) is 4.31. The highest BCUT2D eigenvalue weighted by atomic mass is 15.2. The highest BCUT2D eigenvalue weighted by molar-refractivity contribution is 5.70. The van der Waals surface area contributed by atoms with Crippen LogP contribution in [0.4, 0.5) is 17.1 Å². The number of anilines is 3. The fourth-order valence-electron chi connectivity index (χ4n) is 4.02. The molecule has 1 aliphatic heterocycles. The number of hydrogen-bond acceptors (Lipinski definition) is 3. The largest absolute Gasteiger partial charge is 0.385 e. The molecule has 3 nitrogen and oxygen atoms in total. The Labute approximate surface area is 144 Å². The van der Waals surface area contributed by atoms with Gasteiger partial charge in [-0.2, -0.15) is 0 Å². The lowest BCUT2D eigenvalue weighted by Gasteiger charge is -2.26. The molecule has 24 heavy (non-hydrogen) atoms. The first kappa shape index (κ1) is 15.5. The first-order valence-corrected chi connectivity index (χ1v) is 9.24. The minimum atomic E-state index is 0.434. The van der Waals surface area contributed by atoms with Gasteiger partial charge in [0.25, 0.3) is 0 Å². The van der Waals surface area contributed by atoms with E-state index in [0.29, 0.717) is 6.04 Å². The zero-order valence-corrected chi connectivity index (χ0v) is 14.2. The van der Waals surface area contributed by atoms with Gasteiger partial charge in [-0.15, -0.1) is 0 Å². The third-order valence-electron chi connectivity index (χ3n) is 5.55. The van der Waals surface area contributed by atoms with Crippen molar-refractivity contribution in [3.05, 3.63) is 54.1 Å². The number of rotatable bonds is 4. The number of para-hydroxylation sites is 1. The summed E-state index contributed by atoms with van der Waals surface area (Å²) in [6, 6.07) is 18.1. The molecule has 0 saturated heterocycles. The molecule has 126 valence electrons. The van der Waals surface area contributed by atoms with Gasteiger partial charge in [-0.1, -0.05) is 18.2 Å². The molecule has 2 aliphatic rings. The lowest BCUT2D eigenvalue weighted by Crippen LogP contribution is -2.29. The van der Waals surface area contributed by atoms with Crippen LogP contribution < -0.4 is 16.0 Å². The van der Waals surface area contributed by atoms with Gasteiger partial charge in [-0.25, -0.2) is 0 Å². The molecule has 1 heterocycles. The molecule has 0 atom stereocenters. The van der Waals surface area contributed by atoms with E-state index in [4.69, 9.17) is 5.73 Å². The molecule has 0 bridgehead atoms. The van der Waals surface area contributed by atoms with Gasteiger partial charge in [0.15, 0.2) is 0 Å². The van der Waals surface area contributed by atoms with Crippen molar-refractivity contribution in [2.75, 3.05) is 23.3 Å². The van der Waals surface area contributed by atoms with Gasteiger partial charge < -0.3 is 16.0 Å². The number of hydrogen-bond donors (Lipinski definition) is 2. The molecule has 1 fully saturated rings. The summed E-state index contributed by atoms with van der Waals surface area (Å²) in [6.45, 7) is 2.15. The van der Waals surface area contributed by atoms with Crippen LogP contribution in [0, 0.1) is 5.92 Å². The van der Waals surface area contributed by atoms with Gasteiger partial charge in [0.05, 0.1) is 0 Å². The van der Waals surface area contributed by atoms with Crippen LogP contribution in [-0.2, 0) is 6.42 Å². The summed E-state index contributed by atoms with van der Waals surface area (Å²) in [4.78, 5) is 2.42. The average Bonchev–Trinajstić information content (AvgIpc) is 3.06. The fraction of sp³-hybridized carbons (Fsp3) is 0.429. The second-order valence-electron chi connectivity index (χ2n) is 7.24. The fourth-order valence-corrected chi connectivity index (χ4v) is 4.02. The molecule has 1 saturated carbocycles. The lowest BCUT2D eigenvalue weighted by molar-refractivity contribution is 0.339. The topological polar surface area (TPSA) is 41.3 Å². The summed E-state index contributed by atoms with van der Waals surface area (Å²) in [5.74, 6) is 0.773. The first-order chi connectivity index (χ1) is 11.8. The van der Waals surface area contributed by atoms with Gasteiger partial charge in [-0.3, -0.25) is 0 Å². The second-order valence-corrected chi connectivity index (χ2v) is 7.24. The van der Waals surface area contributed by atoms with Crippen LogP contribution >= 0.6 is 0 Å². The maximum Gasteiger partial charge on any atom is 0.0444 e. The summed E-state index contributed by atoms with van der Waals surface area (Å²) < 4.78 is 0. The van der Waals surface area contributed by atoms with E-state index in [2.05, 4.69) is 58.7 Å². The second kappa shape index (κ2) is 6.86. The van der Waals surface area contributed by atoms with E-state index in [1.807, 2.05) is 0 Å². The van der Waals surface area contributed by atoms with Gasteiger partial charge in [0.2, 0.25) is 0 Å². The third-order valence-corrected chi connectivity index (χ3v) is 5.55. The van der Waals surface area contributed by atoms with Crippen molar-refractivity contribution < 1.29 is 0 Å². The molecule has 3 heteroatoms. The molecule has 0 unspecified atom stereocenters. The number of benzene rings is 2. The van der Waals surface area contributed by atoms with Gasteiger partial charge in [0.1, 0.15) is 0 Å². The molecule has 0 amide bonds. The molecule has 0 aromatic heterocycles. The SMILES string of the molecule is NC1CCC(CNc2ccc(N3CCc4ccccc43)cc2)CC1. The Morgan fingerprint density at radius 3 is 2.50 bits per heavy atom. The first-order valence-electron chi connectivity index (χ1n) is 9.24. The molecule has 0 spiro atoms. The zero-order valence-electron chi connectivity index (χ0n) is 14.2. The third kappa shape index (κ3) is 3.27. The summed E-state index contributed by atoms with van der Waals surface area (Å²) in [6.07, 6.45) is 6.02. The minimum Gasteiger partial charge on any atom is -0.385 e. The maximum atomic E-state index is 5.99. The van der Waals surface area contributed by atoms with Crippen LogP contribution in [0.3, 0.4) is 0 Å². The van der Waals surface area contributed by atoms with Crippen LogP contribution in [0.2, 0.25) is 0 Å². The molecule has 1 aliphatic carbocycles. The quantitative estimate of drug-likeness (QED) is 0.881. The summed E-state index contributed by atoms with van der Waals surface area (Å²) in [7, 11) is 0. The van der Waals surface area contributed by atoms with Crippen LogP contribution in [0.25, 0.3) is 0 Å². The zero-order chi connectivity index (χ0) is 16.4. The Balaban J connectivity index is 1.37. The van der Waals surface area contributed by atoms with E-state index in [1.165, 1.54) is 48.3 Å². The molecular formula is C21H27N3. The lowest BCUT2D eigenvalue weighted by atomic mass is 9.86. The van der Waals surface area contributed by atoms with Crippen LogP contribution in [-0.4, -0.2) is 19.1 Å². The molecule has 4 rings (SSSR count). The van der Waals surface area contributed by atoms with Crippen molar-refractivity contribution >= 4 is 17.1 Å². The summed E-state index contributed by atoms with van der Waals surface area (Å²) >= 11 is 0. The van der Waals surface area contributed by atoms with E-state index in [1.54, 1.807) is 0 Å². The van der Waals surface area contributed by atoms with E-state index in [-0.39, 0.29) is 0 Å². The number of nitrogens with one attached hydrogen (secondary N) is 1. The number of fused-ring (bicyclic) bond motifs is 1. The minimum absolute atomic E-state index is 0.434. The van der Waals surface area contributed by atoms with E-state index in [9.17, 15) is 0 Å². The predicted molar refractivity (Wildman–Crippen MR) is 102 cm³/mol. The Kier molecular flexibility index (Phi) is 4.44. The normalized spacial score (nSPS) is 23.1. The van der Waals surface area contributed by atoms with Crippen LogP contribution in [0.15, 0.2) is 48.5 Å². The van der Waals surface area contributed by atoms with E-state index >= 15 is 0 Å². The van der Waals surface area contributed by atoms with Crippen LogP contribution in [0.5, 0.6) is 0 Å². The van der Waals surface area contributed by atoms with E-state index < -0.39 is 0 Å². The van der Waals surface area contributed by atoms with Crippen molar-refractivity contribution in [1.29, 1.82) is 0 Å². The van der Waals surface area contributed by atoms with E-state index in [0.717, 1.165) is 25.4 Å². The Hall–Kier alpha value is -2.00. The highest BCUT2D eigenvalue weighted by Gasteiger charge is 2.20. The van der Waals surface area contributed by atoms with Crippen molar-refractivity contribution in [1.82, 2.24) is 0 Å². The molecular weight excluding hydrogens is 294 g/mol. The monoisotopic (exact) mass is 321 g/mol. The van der Waals surface area contributed by atoms with Crippen molar-refractivity contribution in [3.63, 3.8) is 0 Å². The van der Waals surface area contributed by atoms with Gasteiger partial charge >= 0.3 is 0 Å². The standard InChI is InChI=1S/C21H27N3/c22-18-7-5-16(6-8-18)15-23-19-9-11-20(12-10-19)24-14-13-17-3-1-2-4-21(17)24/h1-4,9-12,16,18,23H,5-8,13-15,22H2. The number of nitrogens with zero attached hydrogens (tertiary/aromatic N) is 1. The molecule has 2 aromatic carbocycles. The molecule has 2 aromatic rings. The van der Waals surface area contributed by atoms with Crippen molar-refractivity contribution in [2.24, 2.45) is 11.7 Å². The summed E-state index contributed by atoms with van der Waals surface area (Å²) in [5, 5.41) is 3.61. The highest BCUT2D eigenvalue weighted by Crippen LogP contribution is 2.34. The van der Waals surface area contributed by atoms with Gasteiger partial charge in [0, 0.05) is 36.2 Å². The van der Waals surface area contributed by atoms with Crippen LogP contribution in [0.1, 0.15) is 31.2 Å². The Morgan fingerprint density at radius 2 is 1.71 bits per heavy atom. The van der Waals surface area contributed by atoms with Gasteiger partial charge in [-0.05, 0) is 73.9 Å². The van der Waals surface area contributed by atoms with Crippen molar-refractivity contribution in [2.45, 2.75) is 38.1 Å².